The molecule has 0 aliphatic rings. The van der Waals surface area contributed by atoms with Gasteiger partial charge in [0.1, 0.15) is 22.5 Å². The molecule has 2 aromatic carbocycles. The summed E-state index contributed by atoms with van der Waals surface area (Å²) in [5.74, 6) is -2.08. The number of thiophene rings is 1. The van der Waals surface area contributed by atoms with Gasteiger partial charge in [0, 0.05) is 12.4 Å². The summed E-state index contributed by atoms with van der Waals surface area (Å²) >= 11 is 1.20. The lowest BCUT2D eigenvalue weighted by atomic mass is 10.0. The van der Waals surface area contributed by atoms with Crippen molar-refractivity contribution in [2.45, 2.75) is 13.0 Å². The van der Waals surface area contributed by atoms with E-state index in [1.165, 1.54) is 53.6 Å². The second-order valence-corrected chi connectivity index (χ2v) is 8.11. The second-order valence-electron chi connectivity index (χ2n) is 7.08. The third kappa shape index (κ3) is 3.79. The fourth-order valence-electron chi connectivity index (χ4n) is 3.46. The summed E-state index contributed by atoms with van der Waals surface area (Å²) in [4.78, 5) is 27.6. The SMILES string of the molecule is Cc1nn(-c2ccc(F)cc2)c2sc(C(=O)N(C)C(C(N)=O)c3cccc(F)c3)cc12. The maximum Gasteiger partial charge on any atom is 0.264 e. The first-order valence-corrected chi connectivity index (χ1v) is 10.1. The zero-order valence-electron chi connectivity index (χ0n) is 16.7. The molecule has 0 saturated heterocycles. The first-order chi connectivity index (χ1) is 14.8. The summed E-state index contributed by atoms with van der Waals surface area (Å²) < 4.78 is 28.6. The number of aryl methyl sites for hydroxylation is 1. The normalized spacial score (nSPS) is 12.1. The van der Waals surface area contributed by atoms with E-state index in [4.69, 9.17) is 5.73 Å². The number of carbonyl (C=O) groups is 2. The number of halogens is 2. The van der Waals surface area contributed by atoms with Gasteiger partial charge in [-0.05, 0) is 55.0 Å². The zero-order valence-corrected chi connectivity index (χ0v) is 17.5. The van der Waals surface area contributed by atoms with Gasteiger partial charge in [-0.2, -0.15) is 5.10 Å². The Labute approximate surface area is 180 Å². The summed E-state index contributed by atoms with van der Waals surface area (Å²) in [6.45, 7) is 1.81. The van der Waals surface area contributed by atoms with E-state index in [1.54, 1.807) is 28.9 Å². The number of likely N-dealkylation sites (N-methyl/N-ethyl adjacent to an activating group) is 1. The van der Waals surface area contributed by atoms with E-state index in [0.29, 0.717) is 21.1 Å². The Morgan fingerprint density at radius 1 is 1.10 bits per heavy atom. The Kier molecular flexibility index (Phi) is 5.28. The highest BCUT2D eigenvalue weighted by Crippen LogP contribution is 2.32. The summed E-state index contributed by atoms with van der Waals surface area (Å²) in [5, 5.41) is 5.25. The van der Waals surface area contributed by atoms with Crippen LogP contribution in [0.25, 0.3) is 15.9 Å². The number of amides is 2. The molecule has 2 heterocycles. The molecule has 0 aliphatic carbocycles. The van der Waals surface area contributed by atoms with Crippen LogP contribution in [0.1, 0.15) is 27.0 Å². The number of hydrogen-bond donors (Lipinski definition) is 1. The third-order valence-electron chi connectivity index (χ3n) is 4.97. The smallest absolute Gasteiger partial charge is 0.264 e. The molecule has 0 spiro atoms. The Hall–Kier alpha value is -3.59. The van der Waals surface area contributed by atoms with Crippen LogP contribution in [0.5, 0.6) is 0 Å². The number of aromatic nitrogens is 2. The van der Waals surface area contributed by atoms with Gasteiger partial charge in [-0.25, -0.2) is 13.5 Å². The predicted molar refractivity (Wildman–Crippen MR) is 114 cm³/mol. The van der Waals surface area contributed by atoms with Gasteiger partial charge >= 0.3 is 0 Å². The van der Waals surface area contributed by atoms with E-state index in [1.807, 2.05) is 6.92 Å². The maximum absolute atomic E-state index is 13.7. The van der Waals surface area contributed by atoms with Gasteiger partial charge < -0.3 is 10.6 Å². The molecule has 0 fully saturated rings. The molecule has 1 atom stereocenters. The number of hydrogen-bond acceptors (Lipinski definition) is 4. The van der Waals surface area contributed by atoms with Crippen molar-refractivity contribution >= 4 is 33.4 Å². The Balaban J connectivity index is 1.72. The number of benzene rings is 2. The summed E-state index contributed by atoms with van der Waals surface area (Å²) in [6.07, 6.45) is 0. The van der Waals surface area contributed by atoms with E-state index < -0.39 is 23.7 Å². The van der Waals surface area contributed by atoms with Crippen LogP contribution in [-0.4, -0.2) is 33.5 Å². The van der Waals surface area contributed by atoms with Gasteiger partial charge in [0.25, 0.3) is 5.91 Å². The molecule has 4 rings (SSSR count). The van der Waals surface area contributed by atoms with Gasteiger partial charge in [0.2, 0.25) is 5.91 Å². The highest BCUT2D eigenvalue weighted by molar-refractivity contribution is 7.20. The highest BCUT2D eigenvalue weighted by Gasteiger charge is 2.29. The molecule has 4 aromatic rings. The molecular formula is C22H18F2N4O2S. The van der Waals surface area contributed by atoms with Crippen LogP contribution in [0.15, 0.2) is 54.6 Å². The van der Waals surface area contributed by atoms with Crippen molar-refractivity contribution in [3.8, 4) is 5.69 Å². The number of fused-ring (bicyclic) bond motifs is 1. The van der Waals surface area contributed by atoms with Crippen LogP contribution in [0.4, 0.5) is 8.78 Å². The van der Waals surface area contributed by atoms with Crippen molar-refractivity contribution in [3.05, 3.63) is 82.4 Å². The molecule has 0 radical (unpaired) electrons. The fourth-order valence-corrected chi connectivity index (χ4v) is 4.62. The van der Waals surface area contributed by atoms with Crippen molar-refractivity contribution in [2.24, 2.45) is 5.73 Å². The van der Waals surface area contributed by atoms with E-state index in [-0.39, 0.29) is 11.4 Å². The van der Waals surface area contributed by atoms with Crippen LogP contribution >= 0.6 is 11.3 Å². The molecule has 31 heavy (non-hydrogen) atoms. The molecule has 158 valence electrons. The van der Waals surface area contributed by atoms with Crippen molar-refractivity contribution in [1.82, 2.24) is 14.7 Å². The quantitative estimate of drug-likeness (QED) is 0.510. The molecule has 1 unspecified atom stereocenters. The first-order valence-electron chi connectivity index (χ1n) is 9.33. The molecule has 6 nitrogen and oxygen atoms in total. The van der Waals surface area contributed by atoms with Crippen LogP contribution in [0, 0.1) is 18.6 Å². The molecular weight excluding hydrogens is 422 g/mol. The summed E-state index contributed by atoms with van der Waals surface area (Å²) in [6, 6.07) is 11.9. The van der Waals surface area contributed by atoms with Gasteiger partial charge in [0.05, 0.1) is 16.3 Å². The van der Waals surface area contributed by atoms with Crippen LogP contribution in [-0.2, 0) is 4.79 Å². The number of nitrogens with zero attached hydrogens (tertiary/aromatic N) is 3. The lowest BCUT2D eigenvalue weighted by Gasteiger charge is -2.25. The van der Waals surface area contributed by atoms with Crippen molar-refractivity contribution < 1.29 is 18.4 Å². The monoisotopic (exact) mass is 440 g/mol. The summed E-state index contributed by atoms with van der Waals surface area (Å²) in [7, 11) is 1.45. The van der Waals surface area contributed by atoms with Crippen LogP contribution in [0.2, 0.25) is 0 Å². The van der Waals surface area contributed by atoms with Gasteiger partial charge in [0.15, 0.2) is 0 Å². The number of carbonyl (C=O) groups excluding carboxylic acids is 2. The average Bonchev–Trinajstić information content (AvgIpc) is 3.29. The third-order valence-corrected chi connectivity index (χ3v) is 6.07. The Morgan fingerprint density at radius 2 is 1.81 bits per heavy atom. The van der Waals surface area contributed by atoms with Crippen LogP contribution < -0.4 is 5.73 Å². The van der Waals surface area contributed by atoms with E-state index in [9.17, 15) is 18.4 Å². The minimum absolute atomic E-state index is 0.290. The Bertz CT molecular complexity index is 1300. The van der Waals surface area contributed by atoms with E-state index in [0.717, 1.165) is 5.39 Å². The predicted octanol–water partition coefficient (Wildman–Crippen LogP) is 3.97. The maximum atomic E-state index is 13.7. The van der Waals surface area contributed by atoms with Crippen molar-refractivity contribution in [3.63, 3.8) is 0 Å². The molecule has 0 aliphatic heterocycles. The Morgan fingerprint density at radius 3 is 2.45 bits per heavy atom. The first kappa shape index (κ1) is 20.7. The fraction of sp³-hybridized carbons (Fsp3) is 0.136. The number of primary amides is 1. The highest BCUT2D eigenvalue weighted by atomic mass is 32.1. The molecule has 2 N–H and O–H groups in total. The largest absolute Gasteiger partial charge is 0.368 e. The standard InChI is InChI=1S/C22H18F2N4O2S/c1-12-17-11-18(31-22(17)28(26-12)16-8-6-14(23)7-9-16)21(30)27(2)19(20(25)29)13-4-3-5-15(24)10-13/h3-11,19H,1-2H3,(H2,25,29). The van der Waals surface area contributed by atoms with Gasteiger partial charge in [-0.15, -0.1) is 11.3 Å². The number of nitrogens with two attached hydrogens (primary N) is 1. The molecule has 2 amide bonds. The molecule has 0 saturated carbocycles. The van der Waals surface area contributed by atoms with Crippen molar-refractivity contribution in [1.29, 1.82) is 0 Å². The zero-order chi connectivity index (χ0) is 22.3. The minimum atomic E-state index is -1.12. The van der Waals surface area contributed by atoms with Crippen LogP contribution in [0.3, 0.4) is 0 Å². The number of rotatable bonds is 5. The van der Waals surface area contributed by atoms with Crippen molar-refractivity contribution in [2.75, 3.05) is 7.05 Å². The molecule has 0 bridgehead atoms. The average molecular weight is 440 g/mol. The van der Waals surface area contributed by atoms with Gasteiger partial charge in [-0.1, -0.05) is 12.1 Å². The van der Waals surface area contributed by atoms with E-state index >= 15 is 0 Å². The van der Waals surface area contributed by atoms with Gasteiger partial charge in [-0.3, -0.25) is 9.59 Å². The minimum Gasteiger partial charge on any atom is -0.368 e. The lowest BCUT2D eigenvalue weighted by molar-refractivity contribution is -0.122. The molecule has 9 heteroatoms. The molecule has 2 aromatic heterocycles. The topological polar surface area (TPSA) is 81.2 Å². The summed E-state index contributed by atoms with van der Waals surface area (Å²) in [5.41, 5.74) is 7.18. The lowest BCUT2D eigenvalue weighted by Crippen LogP contribution is -2.38. The van der Waals surface area contributed by atoms with E-state index in [2.05, 4.69) is 5.10 Å². The second kappa shape index (κ2) is 7.92.